The zero-order chi connectivity index (χ0) is 25.8. The van der Waals surface area contributed by atoms with Crippen LogP contribution >= 0.6 is 0 Å². The van der Waals surface area contributed by atoms with Crippen molar-refractivity contribution in [1.29, 1.82) is 0 Å². The second-order valence-corrected chi connectivity index (χ2v) is 8.54. The average Bonchev–Trinajstić information content (AvgIpc) is 3.17. The number of ketones is 1. The fourth-order valence-corrected chi connectivity index (χ4v) is 4.47. The lowest BCUT2D eigenvalue weighted by atomic mass is 9.92. The molecule has 0 aromatic heterocycles. The Hall–Kier alpha value is -4.26. The number of methoxy groups -OCH3 is 3. The summed E-state index contributed by atoms with van der Waals surface area (Å²) in [5.74, 6) is -0.345. The number of aliphatic hydroxyl groups excluding tert-OH is 1. The monoisotopic (exact) mass is 487 g/mol. The minimum Gasteiger partial charge on any atom is -0.503 e. The number of carbonyl (C=O) groups is 2. The van der Waals surface area contributed by atoms with E-state index in [1.807, 2.05) is 49.4 Å². The number of aliphatic hydroxyl groups is 1. The molecule has 1 heterocycles. The Labute approximate surface area is 210 Å². The molecule has 3 aromatic rings. The molecule has 36 heavy (non-hydrogen) atoms. The van der Waals surface area contributed by atoms with Crippen molar-refractivity contribution in [2.75, 3.05) is 26.2 Å². The number of carbonyl (C=O) groups excluding carboxylic acids is 2. The molecule has 0 radical (unpaired) electrons. The maximum Gasteiger partial charge on any atom is 0.294 e. The molecule has 7 heteroatoms. The van der Waals surface area contributed by atoms with Crippen LogP contribution < -0.4 is 19.1 Å². The van der Waals surface area contributed by atoms with Gasteiger partial charge in [-0.15, -0.1) is 0 Å². The molecule has 3 aromatic carbocycles. The lowest BCUT2D eigenvalue weighted by molar-refractivity contribution is -0.118. The molecular formula is C29H29NO6. The molecule has 4 rings (SSSR count). The number of Topliss-reactive ketones (excluding diaryl/α,β-unsaturated/α-hetero) is 1. The molecule has 1 aliphatic heterocycles. The van der Waals surface area contributed by atoms with E-state index in [0.29, 0.717) is 34.9 Å². The van der Waals surface area contributed by atoms with Crippen LogP contribution in [-0.2, 0) is 16.0 Å². The van der Waals surface area contributed by atoms with E-state index in [-0.39, 0.29) is 17.8 Å². The first-order valence-electron chi connectivity index (χ1n) is 11.6. The van der Waals surface area contributed by atoms with Gasteiger partial charge in [0.15, 0.2) is 23.0 Å². The van der Waals surface area contributed by atoms with Crippen LogP contribution in [0.25, 0.3) is 0 Å². The highest BCUT2D eigenvalue weighted by atomic mass is 16.5. The topological polar surface area (TPSA) is 85.3 Å². The Balaban J connectivity index is 1.82. The average molecular weight is 488 g/mol. The minimum atomic E-state index is -0.878. The maximum atomic E-state index is 13.5. The predicted octanol–water partition coefficient (Wildman–Crippen LogP) is 5.12. The van der Waals surface area contributed by atoms with Gasteiger partial charge in [-0.25, -0.2) is 0 Å². The van der Waals surface area contributed by atoms with E-state index in [1.165, 1.54) is 26.2 Å². The summed E-state index contributed by atoms with van der Waals surface area (Å²) in [5.41, 5.74) is 3.17. The van der Waals surface area contributed by atoms with Gasteiger partial charge >= 0.3 is 0 Å². The van der Waals surface area contributed by atoms with Crippen LogP contribution in [0.4, 0.5) is 5.69 Å². The van der Waals surface area contributed by atoms with Gasteiger partial charge in [0.05, 0.1) is 32.9 Å². The third kappa shape index (κ3) is 4.64. The number of anilines is 1. The van der Waals surface area contributed by atoms with Gasteiger partial charge in [-0.05, 0) is 48.7 Å². The number of ether oxygens (including phenoxy) is 3. The van der Waals surface area contributed by atoms with Crippen molar-refractivity contribution in [2.24, 2.45) is 0 Å². The summed E-state index contributed by atoms with van der Waals surface area (Å²) >= 11 is 0. The van der Waals surface area contributed by atoms with Crippen LogP contribution in [-0.4, -0.2) is 38.1 Å². The van der Waals surface area contributed by atoms with Crippen LogP contribution in [0.5, 0.6) is 17.2 Å². The highest BCUT2D eigenvalue weighted by Gasteiger charge is 2.44. The van der Waals surface area contributed by atoms with Gasteiger partial charge < -0.3 is 19.3 Å². The second-order valence-electron chi connectivity index (χ2n) is 8.54. The van der Waals surface area contributed by atoms with E-state index in [9.17, 15) is 14.7 Å². The van der Waals surface area contributed by atoms with Gasteiger partial charge in [-0.1, -0.05) is 48.0 Å². The third-order valence-corrected chi connectivity index (χ3v) is 6.31. The lowest BCUT2D eigenvalue weighted by Crippen LogP contribution is -2.31. The number of hydrogen-bond donors (Lipinski definition) is 1. The van der Waals surface area contributed by atoms with Crippen molar-refractivity contribution < 1.29 is 28.9 Å². The zero-order valence-electron chi connectivity index (χ0n) is 20.8. The van der Waals surface area contributed by atoms with E-state index in [2.05, 4.69) is 0 Å². The Morgan fingerprint density at radius 1 is 0.917 bits per heavy atom. The molecule has 0 spiro atoms. The summed E-state index contributed by atoms with van der Waals surface area (Å²) in [6, 6.07) is 19.5. The fraction of sp³-hybridized carbons (Fsp3) is 0.241. The first-order valence-corrected chi connectivity index (χ1v) is 11.6. The Morgan fingerprint density at radius 2 is 1.53 bits per heavy atom. The smallest absolute Gasteiger partial charge is 0.294 e. The van der Waals surface area contributed by atoms with E-state index < -0.39 is 17.7 Å². The predicted molar refractivity (Wildman–Crippen MR) is 137 cm³/mol. The van der Waals surface area contributed by atoms with Crippen molar-refractivity contribution in [1.82, 2.24) is 0 Å². The van der Waals surface area contributed by atoms with Crippen LogP contribution in [0, 0.1) is 6.92 Å². The summed E-state index contributed by atoms with van der Waals surface area (Å²) in [6.07, 6.45) is 0.622. The fourth-order valence-electron chi connectivity index (χ4n) is 4.47. The number of nitrogens with zero attached hydrogens (tertiary/aromatic N) is 1. The number of benzene rings is 3. The van der Waals surface area contributed by atoms with E-state index in [0.717, 1.165) is 11.1 Å². The molecule has 1 N–H and O–H groups in total. The molecule has 0 aliphatic carbocycles. The summed E-state index contributed by atoms with van der Waals surface area (Å²) in [7, 11) is 4.50. The number of rotatable bonds is 9. The van der Waals surface area contributed by atoms with Crippen molar-refractivity contribution in [3.63, 3.8) is 0 Å². The van der Waals surface area contributed by atoms with Crippen LogP contribution in [0.2, 0.25) is 0 Å². The van der Waals surface area contributed by atoms with Gasteiger partial charge in [0.25, 0.3) is 5.91 Å². The van der Waals surface area contributed by atoms with Crippen molar-refractivity contribution in [3.8, 4) is 17.2 Å². The molecule has 1 unspecified atom stereocenters. The minimum absolute atomic E-state index is 0.0470. The first kappa shape index (κ1) is 24.9. The number of hydrogen-bond acceptors (Lipinski definition) is 6. The van der Waals surface area contributed by atoms with Crippen LogP contribution in [0.1, 0.15) is 29.2 Å². The summed E-state index contributed by atoms with van der Waals surface area (Å²) < 4.78 is 16.5. The molecular weight excluding hydrogens is 458 g/mol. The Bertz CT molecular complexity index is 1270. The van der Waals surface area contributed by atoms with Crippen molar-refractivity contribution >= 4 is 17.4 Å². The lowest BCUT2D eigenvalue weighted by Gasteiger charge is -2.28. The SMILES string of the molecule is COc1cc(C2C(C(=O)CCc3ccccc3)=C(O)C(=O)N2c2ccc(C)cc2)cc(OC)c1OC. The van der Waals surface area contributed by atoms with Gasteiger partial charge in [0, 0.05) is 12.1 Å². The van der Waals surface area contributed by atoms with Crippen molar-refractivity contribution in [2.45, 2.75) is 25.8 Å². The van der Waals surface area contributed by atoms with Gasteiger partial charge in [-0.3, -0.25) is 14.5 Å². The molecule has 0 bridgehead atoms. The Morgan fingerprint density at radius 3 is 2.08 bits per heavy atom. The molecule has 0 fully saturated rings. The summed E-state index contributed by atoms with van der Waals surface area (Å²) in [5, 5.41) is 11.0. The van der Waals surface area contributed by atoms with Gasteiger partial charge in [-0.2, -0.15) is 0 Å². The number of amides is 1. The van der Waals surface area contributed by atoms with Gasteiger partial charge in [0.2, 0.25) is 5.75 Å². The molecule has 1 amide bonds. The highest BCUT2D eigenvalue weighted by molar-refractivity contribution is 6.16. The van der Waals surface area contributed by atoms with Gasteiger partial charge in [0.1, 0.15) is 0 Å². The molecule has 1 atom stereocenters. The molecule has 7 nitrogen and oxygen atoms in total. The quantitative estimate of drug-likeness (QED) is 0.451. The van der Waals surface area contributed by atoms with Crippen molar-refractivity contribution in [3.05, 3.63) is 94.8 Å². The molecule has 1 aliphatic rings. The molecule has 0 saturated heterocycles. The largest absolute Gasteiger partial charge is 0.503 e. The van der Waals surface area contributed by atoms with E-state index in [4.69, 9.17) is 14.2 Å². The highest BCUT2D eigenvalue weighted by Crippen LogP contribution is 2.46. The standard InChI is InChI=1S/C29H29NO6/c1-18-10-13-21(14-11-18)30-26(20-16-23(34-2)28(36-4)24(17-20)35-3)25(27(32)29(30)33)22(31)15-12-19-8-6-5-7-9-19/h5-11,13-14,16-17,26,32H,12,15H2,1-4H3. The number of aryl methyl sites for hydroxylation is 2. The van der Waals surface area contributed by atoms with Crippen LogP contribution in [0.15, 0.2) is 78.1 Å². The summed E-state index contributed by atoms with van der Waals surface area (Å²) in [6.45, 7) is 1.94. The van der Waals surface area contributed by atoms with E-state index >= 15 is 0 Å². The molecule has 186 valence electrons. The normalized spacial score (nSPS) is 15.3. The zero-order valence-corrected chi connectivity index (χ0v) is 20.8. The first-order chi connectivity index (χ1) is 17.4. The molecule has 0 saturated carbocycles. The van der Waals surface area contributed by atoms with Crippen LogP contribution in [0.3, 0.4) is 0 Å². The second kappa shape index (κ2) is 10.6. The maximum absolute atomic E-state index is 13.5. The summed E-state index contributed by atoms with van der Waals surface area (Å²) in [4.78, 5) is 28.3. The van der Waals surface area contributed by atoms with E-state index in [1.54, 1.807) is 24.3 Å². The third-order valence-electron chi connectivity index (χ3n) is 6.31. The Kier molecular flexibility index (Phi) is 7.29.